The number of amides is 1. The quantitative estimate of drug-likeness (QED) is 0.546. The summed E-state index contributed by atoms with van der Waals surface area (Å²) in [6.45, 7) is 0. The number of β-lactam (4-membered cyclic amide) rings is 1. The van der Waals surface area contributed by atoms with Gasteiger partial charge in [0, 0.05) is 5.41 Å². The zero-order chi connectivity index (χ0) is 8.88. The second-order valence-electron chi connectivity index (χ2n) is 2.44. The lowest BCUT2D eigenvalue weighted by molar-refractivity contribution is -0.144. The molecular formula is C6H4BrNO3S. The van der Waals surface area contributed by atoms with E-state index in [0.29, 0.717) is 0 Å². The Hall–Kier alpha value is -0.490. The number of halogens is 1. The molecule has 1 fully saturated rings. The number of aliphatic carboxylic acids is 1. The largest absolute Gasteiger partial charge is 0.477 e. The summed E-state index contributed by atoms with van der Waals surface area (Å²) in [6, 6.07) is 0. The summed E-state index contributed by atoms with van der Waals surface area (Å²) in [5, 5.41) is 10.1. The fourth-order valence-electron chi connectivity index (χ4n) is 1.16. The molecule has 2 rings (SSSR count). The van der Waals surface area contributed by atoms with E-state index in [1.165, 1.54) is 22.1 Å². The monoisotopic (exact) mass is 249 g/mol. The van der Waals surface area contributed by atoms with E-state index in [9.17, 15) is 9.59 Å². The highest BCUT2D eigenvalue weighted by atomic mass is 79.9. The number of thioether (sulfide) groups is 1. The molecule has 0 aliphatic carbocycles. The zero-order valence-electron chi connectivity index (χ0n) is 5.73. The third-order valence-corrected chi connectivity index (χ3v) is 4.14. The third kappa shape index (κ3) is 0.847. The van der Waals surface area contributed by atoms with Crippen LogP contribution in [0.5, 0.6) is 0 Å². The normalized spacial score (nSPS) is 32.6. The maximum absolute atomic E-state index is 11.1. The average Bonchev–Trinajstić information content (AvgIpc) is 2.43. The number of rotatable bonds is 1. The Morgan fingerprint density at radius 3 is 3.00 bits per heavy atom. The van der Waals surface area contributed by atoms with Gasteiger partial charge in [0.2, 0.25) is 5.91 Å². The Morgan fingerprint density at radius 1 is 1.75 bits per heavy atom. The standard InChI is InChI=1S/C6H4BrNO3S/c7-3-4(9)8-2(6(10)11)1-12-5(3)8/h1,3,5H,(H,10,11)/t3-,5-/m0/s1. The first-order valence-corrected chi connectivity index (χ1v) is 5.05. The molecule has 64 valence electrons. The molecule has 4 nitrogen and oxygen atoms in total. The number of carboxylic acid groups (broad SMARTS) is 1. The van der Waals surface area contributed by atoms with Crippen LogP contribution < -0.4 is 0 Å². The Kier molecular flexibility index (Phi) is 1.69. The summed E-state index contributed by atoms with van der Waals surface area (Å²) in [4.78, 5) is 22.7. The van der Waals surface area contributed by atoms with E-state index >= 15 is 0 Å². The number of alkyl halides is 1. The second-order valence-corrected chi connectivity index (χ2v) is 4.42. The van der Waals surface area contributed by atoms with Crippen molar-refractivity contribution in [2.24, 2.45) is 0 Å². The highest BCUT2D eigenvalue weighted by molar-refractivity contribution is 9.10. The van der Waals surface area contributed by atoms with Crippen LogP contribution in [0, 0.1) is 0 Å². The summed E-state index contributed by atoms with van der Waals surface area (Å²) < 4.78 is 0. The van der Waals surface area contributed by atoms with Crippen molar-refractivity contribution < 1.29 is 14.7 Å². The van der Waals surface area contributed by atoms with Crippen molar-refractivity contribution in [3.05, 3.63) is 11.1 Å². The van der Waals surface area contributed by atoms with Gasteiger partial charge in [-0.1, -0.05) is 15.9 Å². The lowest BCUT2D eigenvalue weighted by Gasteiger charge is -2.38. The second kappa shape index (κ2) is 2.50. The van der Waals surface area contributed by atoms with Gasteiger partial charge in [0.25, 0.3) is 0 Å². The molecule has 0 unspecified atom stereocenters. The van der Waals surface area contributed by atoms with Crippen LogP contribution in [0.3, 0.4) is 0 Å². The predicted molar refractivity (Wildman–Crippen MR) is 46.7 cm³/mol. The van der Waals surface area contributed by atoms with E-state index in [-0.39, 0.29) is 21.8 Å². The van der Waals surface area contributed by atoms with Crippen molar-refractivity contribution in [1.82, 2.24) is 4.90 Å². The van der Waals surface area contributed by atoms with Gasteiger partial charge >= 0.3 is 5.97 Å². The Morgan fingerprint density at radius 2 is 2.42 bits per heavy atom. The molecule has 0 spiro atoms. The van der Waals surface area contributed by atoms with Crippen molar-refractivity contribution in [2.45, 2.75) is 10.2 Å². The number of carbonyl (C=O) groups is 2. The number of nitrogens with zero attached hydrogens (tertiary/aromatic N) is 1. The smallest absolute Gasteiger partial charge is 0.353 e. The maximum Gasteiger partial charge on any atom is 0.353 e. The minimum atomic E-state index is -1.04. The lowest BCUT2D eigenvalue weighted by Crippen LogP contribution is -2.58. The first-order chi connectivity index (χ1) is 5.63. The first kappa shape index (κ1) is 8.12. The number of hydrogen-bond donors (Lipinski definition) is 1. The molecule has 0 radical (unpaired) electrons. The predicted octanol–water partition coefficient (Wildman–Crippen LogP) is 0.591. The van der Waals surface area contributed by atoms with Crippen molar-refractivity contribution in [1.29, 1.82) is 0 Å². The third-order valence-electron chi connectivity index (χ3n) is 1.78. The molecule has 1 N–H and O–H groups in total. The fraction of sp³-hybridized carbons (Fsp3) is 0.333. The van der Waals surface area contributed by atoms with Crippen LogP contribution in [0.2, 0.25) is 0 Å². The molecule has 12 heavy (non-hydrogen) atoms. The van der Waals surface area contributed by atoms with E-state index in [2.05, 4.69) is 15.9 Å². The highest BCUT2D eigenvalue weighted by Gasteiger charge is 2.52. The van der Waals surface area contributed by atoms with E-state index in [1.807, 2.05) is 0 Å². The van der Waals surface area contributed by atoms with Gasteiger partial charge in [0.1, 0.15) is 15.9 Å². The molecule has 0 aromatic carbocycles. The van der Waals surface area contributed by atoms with Crippen LogP contribution in [0.25, 0.3) is 0 Å². The Balaban J connectivity index is 2.23. The van der Waals surface area contributed by atoms with Gasteiger partial charge in [-0.15, -0.1) is 11.8 Å². The van der Waals surface area contributed by atoms with E-state index < -0.39 is 5.97 Å². The Labute approximate surface area is 80.7 Å². The highest BCUT2D eigenvalue weighted by Crippen LogP contribution is 2.44. The van der Waals surface area contributed by atoms with Gasteiger partial charge in [-0.05, 0) is 0 Å². The fourth-order valence-corrected chi connectivity index (χ4v) is 3.07. The van der Waals surface area contributed by atoms with E-state index in [1.54, 1.807) is 0 Å². The summed E-state index contributed by atoms with van der Waals surface area (Å²) >= 11 is 4.53. The van der Waals surface area contributed by atoms with Crippen LogP contribution in [-0.2, 0) is 9.59 Å². The van der Waals surface area contributed by atoms with Crippen molar-refractivity contribution in [3.8, 4) is 0 Å². The van der Waals surface area contributed by atoms with Crippen LogP contribution in [0.4, 0.5) is 0 Å². The van der Waals surface area contributed by atoms with Crippen molar-refractivity contribution in [2.75, 3.05) is 0 Å². The van der Waals surface area contributed by atoms with E-state index in [0.717, 1.165) is 0 Å². The van der Waals surface area contributed by atoms with Crippen molar-refractivity contribution >= 4 is 39.6 Å². The molecule has 0 bridgehead atoms. The topological polar surface area (TPSA) is 57.6 Å². The molecule has 2 aliphatic heterocycles. The van der Waals surface area contributed by atoms with E-state index in [4.69, 9.17) is 5.11 Å². The molecule has 2 heterocycles. The summed E-state index contributed by atoms with van der Waals surface area (Å²) in [7, 11) is 0. The van der Waals surface area contributed by atoms with Crippen LogP contribution in [0.15, 0.2) is 11.1 Å². The van der Waals surface area contributed by atoms with Crippen LogP contribution >= 0.6 is 27.7 Å². The number of hydrogen-bond acceptors (Lipinski definition) is 3. The molecule has 1 amide bonds. The summed E-state index contributed by atoms with van der Waals surface area (Å²) in [5.41, 5.74) is 0.0886. The van der Waals surface area contributed by atoms with Gasteiger partial charge in [-0.3, -0.25) is 9.69 Å². The minimum absolute atomic E-state index is 0.0522. The first-order valence-electron chi connectivity index (χ1n) is 3.19. The van der Waals surface area contributed by atoms with Gasteiger partial charge in [0.15, 0.2) is 0 Å². The van der Waals surface area contributed by atoms with Gasteiger partial charge in [-0.2, -0.15) is 0 Å². The zero-order valence-corrected chi connectivity index (χ0v) is 8.13. The van der Waals surface area contributed by atoms with Gasteiger partial charge in [0.05, 0.1) is 0 Å². The van der Waals surface area contributed by atoms with Crippen LogP contribution in [0.1, 0.15) is 0 Å². The van der Waals surface area contributed by atoms with Gasteiger partial charge < -0.3 is 5.11 Å². The molecule has 2 aliphatic rings. The average molecular weight is 250 g/mol. The molecular weight excluding hydrogens is 246 g/mol. The van der Waals surface area contributed by atoms with Crippen molar-refractivity contribution in [3.63, 3.8) is 0 Å². The SMILES string of the molecule is O=C(O)C1=CS[C@H]2[C@@H](Br)C(=O)N12. The lowest BCUT2D eigenvalue weighted by atomic mass is 10.2. The number of fused-ring (bicyclic) bond motifs is 1. The number of carboxylic acids is 1. The summed E-state index contributed by atoms with van der Waals surface area (Å²) in [6.07, 6.45) is 0. The molecule has 0 aromatic heterocycles. The molecule has 0 aromatic rings. The number of carbonyl (C=O) groups excluding carboxylic acids is 1. The molecule has 6 heteroatoms. The Bertz CT molecular complexity index is 303. The molecule has 0 saturated carbocycles. The molecule has 1 saturated heterocycles. The van der Waals surface area contributed by atoms with Crippen LogP contribution in [-0.4, -0.2) is 32.1 Å². The molecule has 2 atom stereocenters. The van der Waals surface area contributed by atoms with Gasteiger partial charge in [-0.25, -0.2) is 4.79 Å². The summed E-state index contributed by atoms with van der Waals surface area (Å²) in [5.74, 6) is -1.21. The maximum atomic E-state index is 11.1. The minimum Gasteiger partial charge on any atom is -0.477 e.